The van der Waals surface area contributed by atoms with Crippen LogP contribution in [-0.2, 0) is 6.54 Å². The topological polar surface area (TPSA) is 46.9 Å². The van der Waals surface area contributed by atoms with Crippen molar-refractivity contribution < 1.29 is 9.18 Å². The molecule has 1 N–H and O–H groups in total. The molecule has 0 saturated heterocycles. The van der Waals surface area contributed by atoms with Crippen molar-refractivity contribution in [3.05, 3.63) is 46.4 Å². The van der Waals surface area contributed by atoms with Gasteiger partial charge in [0, 0.05) is 17.2 Å². The highest BCUT2D eigenvalue weighted by Crippen LogP contribution is 2.19. The minimum Gasteiger partial charge on any atom is -0.319 e. The molecule has 0 aliphatic rings. The number of nitrogens with zero attached hydrogens (tertiary/aromatic N) is 2. The van der Waals surface area contributed by atoms with Crippen molar-refractivity contribution in [3.8, 4) is 0 Å². The first kappa shape index (κ1) is 12.8. The Morgan fingerprint density at radius 2 is 2.33 bits per heavy atom. The van der Waals surface area contributed by atoms with Gasteiger partial charge in [-0.3, -0.25) is 9.48 Å². The quantitative estimate of drug-likeness (QED) is 0.947. The van der Waals surface area contributed by atoms with E-state index < -0.39 is 5.82 Å². The van der Waals surface area contributed by atoms with Crippen LogP contribution in [0.25, 0.3) is 0 Å². The molecule has 1 amide bonds. The van der Waals surface area contributed by atoms with Crippen LogP contribution in [0.4, 0.5) is 10.1 Å². The Hall–Kier alpha value is -1.69. The maximum atomic E-state index is 12.9. The summed E-state index contributed by atoms with van der Waals surface area (Å²) >= 11 is 3.16. The SMILES string of the molecule is CCn1cc(NC(=O)c2ccc(F)cc2Br)cn1. The summed E-state index contributed by atoms with van der Waals surface area (Å²) in [4.78, 5) is 11.9. The lowest BCUT2D eigenvalue weighted by molar-refractivity contribution is 0.102. The summed E-state index contributed by atoms with van der Waals surface area (Å²) in [6.45, 7) is 2.69. The summed E-state index contributed by atoms with van der Waals surface area (Å²) in [6, 6.07) is 3.93. The van der Waals surface area contributed by atoms with E-state index in [9.17, 15) is 9.18 Å². The zero-order valence-corrected chi connectivity index (χ0v) is 11.2. The molecule has 1 heterocycles. The van der Waals surface area contributed by atoms with Crippen molar-refractivity contribution in [2.45, 2.75) is 13.5 Å². The number of benzene rings is 1. The van der Waals surface area contributed by atoms with Crippen molar-refractivity contribution >= 4 is 27.5 Å². The van der Waals surface area contributed by atoms with Crippen molar-refractivity contribution in [3.63, 3.8) is 0 Å². The fourth-order valence-corrected chi connectivity index (χ4v) is 2.00. The molecule has 0 fully saturated rings. The highest BCUT2D eigenvalue weighted by Gasteiger charge is 2.11. The normalized spacial score (nSPS) is 10.4. The second-order valence-electron chi connectivity index (χ2n) is 3.66. The molecule has 0 radical (unpaired) electrons. The van der Waals surface area contributed by atoms with Gasteiger partial charge in [-0.05, 0) is 41.1 Å². The first-order valence-electron chi connectivity index (χ1n) is 5.39. The number of aryl methyl sites for hydroxylation is 1. The molecule has 2 aromatic rings. The summed E-state index contributed by atoms with van der Waals surface area (Å²) in [7, 11) is 0. The second kappa shape index (κ2) is 5.30. The fraction of sp³-hybridized carbons (Fsp3) is 0.167. The van der Waals surface area contributed by atoms with Crippen LogP contribution in [-0.4, -0.2) is 15.7 Å². The lowest BCUT2D eigenvalue weighted by Crippen LogP contribution is -2.12. The maximum absolute atomic E-state index is 12.9. The summed E-state index contributed by atoms with van der Waals surface area (Å²) in [5.41, 5.74) is 0.985. The molecule has 0 saturated carbocycles. The highest BCUT2D eigenvalue weighted by molar-refractivity contribution is 9.10. The van der Waals surface area contributed by atoms with E-state index in [0.717, 1.165) is 6.54 Å². The molecular weight excluding hydrogens is 301 g/mol. The zero-order valence-electron chi connectivity index (χ0n) is 9.65. The van der Waals surface area contributed by atoms with Crippen molar-refractivity contribution in [2.24, 2.45) is 0 Å². The molecule has 0 aliphatic heterocycles. The van der Waals surface area contributed by atoms with Gasteiger partial charge >= 0.3 is 0 Å². The third-order valence-corrected chi connectivity index (χ3v) is 3.05. The number of carbonyl (C=O) groups excluding carboxylic acids is 1. The molecule has 6 heteroatoms. The Morgan fingerprint density at radius 3 is 2.94 bits per heavy atom. The number of halogens is 2. The molecule has 0 aliphatic carbocycles. The number of nitrogens with one attached hydrogen (secondary N) is 1. The van der Waals surface area contributed by atoms with Crippen molar-refractivity contribution in [2.75, 3.05) is 5.32 Å². The lowest BCUT2D eigenvalue weighted by atomic mass is 10.2. The fourth-order valence-electron chi connectivity index (χ4n) is 1.47. The molecule has 1 aromatic carbocycles. The van der Waals surface area contributed by atoms with Gasteiger partial charge in [0.1, 0.15) is 5.82 Å². The Labute approximate surface area is 112 Å². The van der Waals surface area contributed by atoms with Crippen LogP contribution in [0.2, 0.25) is 0 Å². The predicted octanol–water partition coefficient (Wildman–Crippen LogP) is 3.06. The minimum atomic E-state index is -0.391. The monoisotopic (exact) mass is 311 g/mol. The van der Waals surface area contributed by atoms with Gasteiger partial charge in [0.15, 0.2) is 0 Å². The minimum absolute atomic E-state index is 0.308. The van der Waals surface area contributed by atoms with Gasteiger partial charge in [0.05, 0.1) is 17.4 Å². The molecule has 2 rings (SSSR count). The smallest absolute Gasteiger partial charge is 0.256 e. The van der Waals surface area contributed by atoms with Crippen LogP contribution in [0, 0.1) is 5.82 Å². The highest BCUT2D eigenvalue weighted by atomic mass is 79.9. The van der Waals surface area contributed by atoms with E-state index in [4.69, 9.17) is 0 Å². The Balaban J connectivity index is 2.16. The molecule has 4 nitrogen and oxygen atoms in total. The average molecular weight is 312 g/mol. The van der Waals surface area contributed by atoms with Crippen LogP contribution < -0.4 is 5.32 Å². The third-order valence-electron chi connectivity index (χ3n) is 2.39. The average Bonchev–Trinajstić information content (AvgIpc) is 2.76. The first-order valence-corrected chi connectivity index (χ1v) is 6.18. The number of aromatic nitrogens is 2. The number of carbonyl (C=O) groups is 1. The van der Waals surface area contributed by atoms with E-state index in [-0.39, 0.29) is 5.91 Å². The zero-order chi connectivity index (χ0) is 13.1. The maximum Gasteiger partial charge on any atom is 0.256 e. The number of rotatable bonds is 3. The van der Waals surface area contributed by atoms with Crippen LogP contribution in [0.5, 0.6) is 0 Å². The van der Waals surface area contributed by atoms with E-state index in [1.54, 1.807) is 17.1 Å². The van der Waals surface area contributed by atoms with Crippen LogP contribution in [0.15, 0.2) is 35.1 Å². The van der Waals surface area contributed by atoms with E-state index in [1.807, 2.05) is 6.92 Å². The van der Waals surface area contributed by atoms with E-state index in [2.05, 4.69) is 26.3 Å². The molecule has 0 unspecified atom stereocenters. The Kier molecular flexibility index (Phi) is 3.76. The van der Waals surface area contributed by atoms with Crippen molar-refractivity contribution in [1.82, 2.24) is 9.78 Å². The van der Waals surface area contributed by atoms with Gasteiger partial charge in [0.2, 0.25) is 0 Å². The van der Waals surface area contributed by atoms with Crippen LogP contribution in [0.1, 0.15) is 17.3 Å². The number of hydrogen-bond acceptors (Lipinski definition) is 2. The van der Waals surface area contributed by atoms with Gasteiger partial charge in [-0.2, -0.15) is 5.10 Å². The number of anilines is 1. The van der Waals surface area contributed by atoms with Crippen LogP contribution >= 0.6 is 15.9 Å². The van der Waals surface area contributed by atoms with E-state index in [1.165, 1.54) is 18.2 Å². The third kappa shape index (κ3) is 2.76. The molecule has 1 aromatic heterocycles. The predicted molar refractivity (Wildman–Crippen MR) is 70.0 cm³/mol. The second-order valence-corrected chi connectivity index (χ2v) is 4.52. The first-order chi connectivity index (χ1) is 8.60. The summed E-state index contributed by atoms with van der Waals surface area (Å²) in [5, 5.41) is 6.75. The number of hydrogen-bond donors (Lipinski definition) is 1. The molecule has 0 atom stereocenters. The van der Waals surface area contributed by atoms with Gasteiger partial charge in [-0.15, -0.1) is 0 Å². The molecule has 0 bridgehead atoms. The lowest BCUT2D eigenvalue weighted by Gasteiger charge is -2.04. The van der Waals surface area contributed by atoms with Crippen molar-refractivity contribution in [1.29, 1.82) is 0 Å². The van der Waals surface area contributed by atoms with Gasteiger partial charge in [-0.25, -0.2) is 4.39 Å². The standard InChI is InChI=1S/C12H11BrFN3O/c1-2-17-7-9(6-15-17)16-12(18)10-4-3-8(14)5-11(10)13/h3-7H,2H2,1H3,(H,16,18). The van der Waals surface area contributed by atoms with Gasteiger partial charge in [0.25, 0.3) is 5.91 Å². The van der Waals surface area contributed by atoms with Gasteiger partial charge < -0.3 is 5.32 Å². The molecule has 18 heavy (non-hydrogen) atoms. The number of amides is 1. The molecular formula is C12H11BrFN3O. The van der Waals surface area contributed by atoms with Gasteiger partial charge in [-0.1, -0.05) is 0 Å². The molecule has 0 spiro atoms. The Morgan fingerprint density at radius 1 is 1.56 bits per heavy atom. The Bertz CT molecular complexity index is 582. The summed E-state index contributed by atoms with van der Waals surface area (Å²) < 4.78 is 15.0. The van der Waals surface area contributed by atoms with E-state index >= 15 is 0 Å². The summed E-state index contributed by atoms with van der Waals surface area (Å²) in [6.07, 6.45) is 3.30. The largest absolute Gasteiger partial charge is 0.319 e. The summed E-state index contributed by atoms with van der Waals surface area (Å²) in [5.74, 6) is -0.699. The molecule has 94 valence electrons. The van der Waals surface area contributed by atoms with Crippen LogP contribution in [0.3, 0.4) is 0 Å². The van der Waals surface area contributed by atoms with E-state index in [0.29, 0.717) is 15.7 Å².